The summed E-state index contributed by atoms with van der Waals surface area (Å²) in [7, 11) is 2.00. The first-order valence-electron chi connectivity index (χ1n) is 3.52. The number of hydrogen-bond donors (Lipinski definition) is 0. The summed E-state index contributed by atoms with van der Waals surface area (Å²) >= 11 is 0. The number of rotatable bonds is 1. The second kappa shape index (κ2) is 2.96. The monoisotopic (exact) mass is 144 g/mol. The van der Waals surface area contributed by atoms with Crippen LogP contribution in [0.4, 0.5) is 0 Å². The quantitative estimate of drug-likeness (QED) is 0.394. The minimum absolute atomic E-state index is 0.160. The summed E-state index contributed by atoms with van der Waals surface area (Å²) in [4.78, 5) is 12.2. The maximum Gasteiger partial charge on any atom is 0.215 e. The summed E-state index contributed by atoms with van der Waals surface area (Å²) < 4.78 is 0. The van der Waals surface area contributed by atoms with Gasteiger partial charge < -0.3 is 4.90 Å². The summed E-state index contributed by atoms with van der Waals surface area (Å²) in [5.74, 6) is 0. The van der Waals surface area contributed by atoms with Crippen molar-refractivity contribution in [3.63, 3.8) is 0 Å². The molecule has 0 aromatic rings. The Labute approximate surface area is 60.0 Å². The van der Waals surface area contributed by atoms with Gasteiger partial charge >= 0.3 is 0 Å². The van der Waals surface area contributed by atoms with E-state index in [2.05, 4.69) is 4.90 Å². The fourth-order valence-corrected chi connectivity index (χ4v) is 1.21. The van der Waals surface area contributed by atoms with E-state index in [4.69, 9.17) is 0 Å². The van der Waals surface area contributed by atoms with Crippen LogP contribution in [0, 0.1) is 10.1 Å². The van der Waals surface area contributed by atoms with Gasteiger partial charge in [0, 0.05) is 30.9 Å². The Morgan fingerprint density at radius 1 is 1.50 bits per heavy atom. The van der Waals surface area contributed by atoms with Crippen LogP contribution in [-0.4, -0.2) is 36.0 Å². The Bertz CT molecular complexity index is 130. The molecular formula is C6H12N2O2. The minimum atomic E-state index is -0.281. The van der Waals surface area contributed by atoms with E-state index in [0.29, 0.717) is 12.8 Å². The molecule has 0 aliphatic carbocycles. The SMILES string of the molecule is CN1CCC([N+](=O)[O-])CC1. The molecule has 1 rings (SSSR count). The summed E-state index contributed by atoms with van der Waals surface area (Å²) in [6.07, 6.45) is 1.42. The summed E-state index contributed by atoms with van der Waals surface area (Å²) in [6.45, 7) is 1.73. The molecule has 0 spiro atoms. The van der Waals surface area contributed by atoms with Crippen LogP contribution in [-0.2, 0) is 0 Å². The lowest BCUT2D eigenvalue weighted by atomic mass is 10.1. The van der Waals surface area contributed by atoms with Gasteiger partial charge in [0.25, 0.3) is 0 Å². The van der Waals surface area contributed by atoms with Crippen molar-refractivity contribution < 1.29 is 4.92 Å². The van der Waals surface area contributed by atoms with Gasteiger partial charge in [0.05, 0.1) is 0 Å². The third kappa shape index (κ3) is 1.67. The van der Waals surface area contributed by atoms with Gasteiger partial charge in [0.15, 0.2) is 0 Å². The van der Waals surface area contributed by atoms with Gasteiger partial charge in [-0.25, -0.2) is 0 Å². The second-order valence-corrected chi connectivity index (χ2v) is 2.82. The van der Waals surface area contributed by atoms with Gasteiger partial charge in [-0.3, -0.25) is 10.1 Å². The van der Waals surface area contributed by atoms with E-state index in [0.717, 1.165) is 13.1 Å². The highest BCUT2D eigenvalue weighted by atomic mass is 16.6. The first-order valence-corrected chi connectivity index (χ1v) is 3.52. The molecule has 1 saturated heterocycles. The standard InChI is InChI=1S/C6H12N2O2/c1-7-4-2-6(3-5-7)8(9)10/h6H,2-5H2,1H3. The second-order valence-electron chi connectivity index (χ2n) is 2.82. The topological polar surface area (TPSA) is 46.4 Å². The largest absolute Gasteiger partial charge is 0.306 e. The molecule has 1 aliphatic heterocycles. The molecule has 1 aliphatic rings. The lowest BCUT2D eigenvalue weighted by Gasteiger charge is -2.23. The molecule has 0 unspecified atom stereocenters. The van der Waals surface area contributed by atoms with Crippen molar-refractivity contribution in [2.75, 3.05) is 20.1 Å². The maximum atomic E-state index is 10.2. The molecule has 0 N–H and O–H groups in total. The molecule has 0 amide bonds. The smallest absolute Gasteiger partial charge is 0.215 e. The molecule has 0 aromatic carbocycles. The molecule has 0 atom stereocenters. The number of piperidine rings is 1. The van der Waals surface area contributed by atoms with E-state index in [-0.39, 0.29) is 11.0 Å². The molecule has 0 radical (unpaired) electrons. The Morgan fingerprint density at radius 3 is 2.40 bits per heavy atom. The van der Waals surface area contributed by atoms with Gasteiger partial charge in [-0.15, -0.1) is 0 Å². The third-order valence-electron chi connectivity index (χ3n) is 1.99. The molecule has 58 valence electrons. The zero-order valence-corrected chi connectivity index (χ0v) is 6.12. The first-order chi connectivity index (χ1) is 4.70. The minimum Gasteiger partial charge on any atom is -0.306 e. The molecule has 4 heteroatoms. The van der Waals surface area contributed by atoms with Crippen molar-refractivity contribution in [2.24, 2.45) is 0 Å². The van der Waals surface area contributed by atoms with Crippen LogP contribution >= 0.6 is 0 Å². The predicted molar refractivity (Wildman–Crippen MR) is 37.5 cm³/mol. The van der Waals surface area contributed by atoms with Gasteiger partial charge in [-0.05, 0) is 7.05 Å². The summed E-state index contributed by atoms with van der Waals surface area (Å²) in [5.41, 5.74) is 0. The fraction of sp³-hybridized carbons (Fsp3) is 1.00. The fourth-order valence-electron chi connectivity index (χ4n) is 1.21. The Kier molecular flexibility index (Phi) is 2.21. The number of nitrogens with zero attached hydrogens (tertiary/aromatic N) is 2. The van der Waals surface area contributed by atoms with E-state index >= 15 is 0 Å². The average Bonchev–Trinajstić information content (AvgIpc) is 1.88. The van der Waals surface area contributed by atoms with Gasteiger partial charge in [-0.2, -0.15) is 0 Å². The zero-order chi connectivity index (χ0) is 7.56. The van der Waals surface area contributed by atoms with E-state index in [9.17, 15) is 10.1 Å². The molecule has 4 nitrogen and oxygen atoms in total. The van der Waals surface area contributed by atoms with Crippen molar-refractivity contribution >= 4 is 0 Å². The highest BCUT2D eigenvalue weighted by Gasteiger charge is 2.24. The van der Waals surface area contributed by atoms with Crippen molar-refractivity contribution in [3.05, 3.63) is 10.1 Å². The van der Waals surface area contributed by atoms with E-state index in [1.54, 1.807) is 0 Å². The Hall–Kier alpha value is -0.640. The first kappa shape index (κ1) is 7.47. The third-order valence-corrected chi connectivity index (χ3v) is 1.99. The maximum absolute atomic E-state index is 10.2. The predicted octanol–water partition coefficient (Wildman–Crippen LogP) is 0.357. The summed E-state index contributed by atoms with van der Waals surface area (Å²) in [5, 5.41) is 10.2. The lowest BCUT2D eigenvalue weighted by molar-refractivity contribution is -0.526. The normalized spacial score (nSPS) is 22.9. The molecule has 1 heterocycles. The van der Waals surface area contributed by atoms with Crippen molar-refractivity contribution in [1.29, 1.82) is 0 Å². The van der Waals surface area contributed by atoms with E-state index < -0.39 is 0 Å². The molecule has 10 heavy (non-hydrogen) atoms. The molecule has 0 saturated carbocycles. The number of nitro groups is 1. The summed E-state index contributed by atoms with van der Waals surface area (Å²) in [6, 6.07) is -0.281. The van der Waals surface area contributed by atoms with Gasteiger partial charge in [0.2, 0.25) is 6.04 Å². The number of hydrogen-bond acceptors (Lipinski definition) is 3. The lowest BCUT2D eigenvalue weighted by Crippen LogP contribution is -2.36. The molecule has 1 fully saturated rings. The van der Waals surface area contributed by atoms with Crippen LogP contribution in [0.25, 0.3) is 0 Å². The van der Waals surface area contributed by atoms with E-state index in [1.165, 1.54) is 0 Å². The van der Waals surface area contributed by atoms with Crippen LogP contribution in [0.15, 0.2) is 0 Å². The van der Waals surface area contributed by atoms with Crippen LogP contribution in [0.1, 0.15) is 12.8 Å². The van der Waals surface area contributed by atoms with Gasteiger partial charge in [0.1, 0.15) is 0 Å². The zero-order valence-electron chi connectivity index (χ0n) is 6.12. The van der Waals surface area contributed by atoms with Crippen molar-refractivity contribution in [2.45, 2.75) is 18.9 Å². The van der Waals surface area contributed by atoms with Crippen LogP contribution in [0.3, 0.4) is 0 Å². The Balaban J connectivity index is 2.33. The molecular weight excluding hydrogens is 132 g/mol. The van der Waals surface area contributed by atoms with Crippen molar-refractivity contribution in [1.82, 2.24) is 4.90 Å². The number of likely N-dealkylation sites (tertiary alicyclic amines) is 1. The van der Waals surface area contributed by atoms with Crippen LogP contribution in [0.5, 0.6) is 0 Å². The van der Waals surface area contributed by atoms with E-state index in [1.807, 2.05) is 7.05 Å². The van der Waals surface area contributed by atoms with Crippen LogP contribution < -0.4 is 0 Å². The molecule has 0 bridgehead atoms. The van der Waals surface area contributed by atoms with Gasteiger partial charge in [-0.1, -0.05) is 0 Å². The average molecular weight is 144 g/mol. The van der Waals surface area contributed by atoms with Crippen LogP contribution in [0.2, 0.25) is 0 Å². The van der Waals surface area contributed by atoms with Crippen molar-refractivity contribution in [3.8, 4) is 0 Å². The molecule has 0 aromatic heterocycles. The highest BCUT2D eigenvalue weighted by Crippen LogP contribution is 2.10. The Morgan fingerprint density at radius 2 is 2.00 bits per heavy atom. The highest BCUT2D eigenvalue weighted by molar-refractivity contribution is 4.68.